The van der Waals surface area contributed by atoms with Crippen LogP contribution < -0.4 is 0 Å². The minimum Gasteiger partial charge on any atom is -0.411 e. The molecule has 0 aliphatic heterocycles. The van der Waals surface area contributed by atoms with Crippen molar-refractivity contribution >= 4 is 35.0 Å². The molecule has 0 saturated carbocycles. The highest BCUT2D eigenvalue weighted by Gasteiger charge is 2.10. The number of pyridine rings is 1. The lowest BCUT2D eigenvalue weighted by atomic mass is 10.2. The average molecular weight is 338 g/mol. The smallest absolute Gasteiger partial charge is 0.277 e. The van der Waals surface area contributed by atoms with Gasteiger partial charge in [-0.2, -0.15) is 0 Å². The van der Waals surface area contributed by atoms with Crippen LogP contribution in [0.4, 0.5) is 0 Å². The standard InChI is InChI=1S/C14H9Cl2N3OS/c15-11-4-3-10(12(16)6-11)8-21-14-19-18-13(20-14)9-2-1-5-17-7-9/h1-7H,8H2. The number of rotatable bonds is 4. The third-order valence-electron chi connectivity index (χ3n) is 2.68. The van der Waals surface area contributed by atoms with Crippen LogP contribution in [0.25, 0.3) is 11.5 Å². The number of hydrogen-bond acceptors (Lipinski definition) is 5. The first kappa shape index (κ1) is 14.4. The zero-order chi connectivity index (χ0) is 14.7. The van der Waals surface area contributed by atoms with Crippen molar-refractivity contribution in [2.75, 3.05) is 0 Å². The van der Waals surface area contributed by atoms with Gasteiger partial charge in [0.25, 0.3) is 5.22 Å². The Hall–Kier alpha value is -1.56. The lowest BCUT2D eigenvalue weighted by molar-refractivity contribution is 0.465. The number of benzene rings is 1. The van der Waals surface area contributed by atoms with Gasteiger partial charge in [0.2, 0.25) is 5.89 Å². The normalized spacial score (nSPS) is 10.8. The molecule has 21 heavy (non-hydrogen) atoms. The molecule has 0 N–H and O–H groups in total. The van der Waals surface area contributed by atoms with E-state index in [0.29, 0.717) is 26.9 Å². The molecule has 0 amide bonds. The second-order valence-electron chi connectivity index (χ2n) is 4.14. The van der Waals surface area contributed by atoms with Crippen LogP contribution in [0.5, 0.6) is 0 Å². The number of nitrogens with zero attached hydrogens (tertiary/aromatic N) is 3. The van der Waals surface area contributed by atoms with Gasteiger partial charge in [-0.25, -0.2) is 0 Å². The number of thioether (sulfide) groups is 1. The maximum atomic E-state index is 6.12. The van der Waals surface area contributed by atoms with E-state index in [0.717, 1.165) is 11.1 Å². The van der Waals surface area contributed by atoms with Crippen LogP contribution in [0.3, 0.4) is 0 Å². The Balaban J connectivity index is 1.70. The van der Waals surface area contributed by atoms with Gasteiger partial charge in [0.15, 0.2) is 0 Å². The Morgan fingerprint density at radius 1 is 1.14 bits per heavy atom. The first-order chi connectivity index (χ1) is 10.2. The van der Waals surface area contributed by atoms with E-state index in [2.05, 4.69) is 15.2 Å². The molecule has 3 rings (SSSR count). The lowest BCUT2D eigenvalue weighted by Crippen LogP contribution is -1.82. The Kier molecular flexibility index (Phi) is 4.43. The van der Waals surface area contributed by atoms with Crippen molar-refractivity contribution in [3.63, 3.8) is 0 Å². The van der Waals surface area contributed by atoms with Crippen molar-refractivity contribution in [2.24, 2.45) is 0 Å². The quantitative estimate of drug-likeness (QED) is 0.644. The summed E-state index contributed by atoms with van der Waals surface area (Å²) in [5.41, 5.74) is 1.76. The van der Waals surface area contributed by atoms with Gasteiger partial charge in [-0.05, 0) is 29.8 Å². The molecule has 0 saturated heterocycles. The second kappa shape index (κ2) is 6.47. The summed E-state index contributed by atoms with van der Waals surface area (Å²) in [5.74, 6) is 1.08. The van der Waals surface area contributed by atoms with Crippen molar-refractivity contribution in [1.82, 2.24) is 15.2 Å². The molecule has 0 unspecified atom stereocenters. The van der Waals surface area contributed by atoms with Crippen molar-refractivity contribution < 1.29 is 4.42 Å². The Morgan fingerprint density at radius 2 is 2.05 bits per heavy atom. The molecule has 2 heterocycles. The first-order valence-corrected chi connectivity index (χ1v) is 7.77. The van der Waals surface area contributed by atoms with Crippen molar-refractivity contribution in [3.05, 3.63) is 58.3 Å². The SMILES string of the molecule is Clc1ccc(CSc2nnc(-c3cccnc3)o2)c(Cl)c1. The van der Waals surface area contributed by atoms with Crippen molar-refractivity contribution in [1.29, 1.82) is 0 Å². The molecule has 0 fully saturated rings. The zero-order valence-electron chi connectivity index (χ0n) is 10.7. The summed E-state index contributed by atoms with van der Waals surface area (Å²) in [4.78, 5) is 4.02. The van der Waals surface area contributed by atoms with Crippen LogP contribution in [0.15, 0.2) is 52.4 Å². The Bertz CT molecular complexity index is 749. The molecule has 0 aliphatic carbocycles. The molecule has 1 aromatic carbocycles. The molecule has 0 spiro atoms. The van der Waals surface area contributed by atoms with E-state index < -0.39 is 0 Å². The van der Waals surface area contributed by atoms with Gasteiger partial charge in [0, 0.05) is 28.2 Å². The summed E-state index contributed by atoms with van der Waals surface area (Å²) in [7, 11) is 0. The number of halogens is 2. The maximum absolute atomic E-state index is 6.12. The Morgan fingerprint density at radius 3 is 2.81 bits per heavy atom. The topological polar surface area (TPSA) is 51.8 Å². The molecule has 0 atom stereocenters. The van der Waals surface area contributed by atoms with Gasteiger partial charge >= 0.3 is 0 Å². The van der Waals surface area contributed by atoms with Crippen LogP contribution in [-0.2, 0) is 5.75 Å². The molecular weight excluding hydrogens is 329 g/mol. The summed E-state index contributed by atoms with van der Waals surface area (Å²) in [6, 6.07) is 9.09. The highest BCUT2D eigenvalue weighted by atomic mass is 35.5. The molecular formula is C14H9Cl2N3OS. The largest absolute Gasteiger partial charge is 0.411 e. The predicted molar refractivity (Wildman–Crippen MR) is 83.6 cm³/mol. The summed E-state index contributed by atoms with van der Waals surface area (Å²) in [5, 5.41) is 9.74. The molecule has 2 aromatic heterocycles. The molecule has 106 valence electrons. The van der Waals surface area contributed by atoms with E-state index in [1.54, 1.807) is 24.5 Å². The van der Waals surface area contributed by atoms with Gasteiger partial charge in [0.1, 0.15) is 0 Å². The van der Waals surface area contributed by atoms with E-state index >= 15 is 0 Å². The van der Waals surface area contributed by atoms with Crippen LogP contribution >= 0.6 is 35.0 Å². The van der Waals surface area contributed by atoms with E-state index in [1.807, 2.05) is 18.2 Å². The predicted octanol–water partition coefficient (Wildman–Crippen LogP) is 4.73. The van der Waals surface area contributed by atoms with Gasteiger partial charge in [-0.3, -0.25) is 4.98 Å². The van der Waals surface area contributed by atoms with Gasteiger partial charge in [-0.1, -0.05) is 41.0 Å². The first-order valence-electron chi connectivity index (χ1n) is 6.03. The monoisotopic (exact) mass is 337 g/mol. The third kappa shape index (κ3) is 3.56. The average Bonchev–Trinajstić information content (AvgIpc) is 2.96. The third-order valence-corrected chi connectivity index (χ3v) is 4.14. The minimum atomic E-state index is 0.452. The fraction of sp³-hybridized carbons (Fsp3) is 0.0714. The van der Waals surface area contributed by atoms with Crippen molar-refractivity contribution in [3.8, 4) is 11.5 Å². The van der Waals surface area contributed by atoms with Crippen molar-refractivity contribution in [2.45, 2.75) is 11.0 Å². The van der Waals surface area contributed by atoms with Crippen LogP contribution in [0.2, 0.25) is 10.0 Å². The highest BCUT2D eigenvalue weighted by molar-refractivity contribution is 7.98. The van der Waals surface area contributed by atoms with E-state index in [-0.39, 0.29) is 0 Å². The minimum absolute atomic E-state index is 0.452. The van der Waals surface area contributed by atoms with Gasteiger partial charge in [-0.15, -0.1) is 10.2 Å². The summed E-state index contributed by atoms with van der Waals surface area (Å²) >= 11 is 13.4. The van der Waals surface area contributed by atoms with Gasteiger partial charge < -0.3 is 4.42 Å². The fourth-order valence-corrected chi connectivity index (χ4v) is 2.97. The summed E-state index contributed by atoms with van der Waals surface area (Å²) < 4.78 is 5.59. The fourth-order valence-electron chi connectivity index (χ4n) is 1.65. The maximum Gasteiger partial charge on any atom is 0.277 e. The Labute approximate surface area is 135 Å². The van der Waals surface area contributed by atoms with Crippen LogP contribution in [-0.4, -0.2) is 15.2 Å². The molecule has 0 radical (unpaired) electrons. The van der Waals surface area contributed by atoms with E-state index in [4.69, 9.17) is 27.6 Å². The summed E-state index contributed by atoms with van der Waals surface area (Å²) in [6.45, 7) is 0. The number of aromatic nitrogens is 3. The molecule has 0 aliphatic rings. The second-order valence-corrected chi connectivity index (χ2v) is 5.91. The molecule has 0 bridgehead atoms. The van der Waals surface area contributed by atoms with Gasteiger partial charge in [0.05, 0.1) is 5.56 Å². The molecule has 3 aromatic rings. The van der Waals surface area contributed by atoms with Crippen LogP contribution in [0, 0.1) is 0 Å². The highest BCUT2D eigenvalue weighted by Crippen LogP contribution is 2.29. The van der Waals surface area contributed by atoms with E-state index in [1.165, 1.54) is 11.8 Å². The van der Waals surface area contributed by atoms with Crippen LogP contribution in [0.1, 0.15) is 5.56 Å². The van der Waals surface area contributed by atoms with E-state index in [9.17, 15) is 0 Å². The molecule has 4 nitrogen and oxygen atoms in total. The zero-order valence-corrected chi connectivity index (χ0v) is 13.0. The summed E-state index contributed by atoms with van der Waals surface area (Å²) in [6.07, 6.45) is 3.37. The molecule has 7 heteroatoms. The lowest BCUT2D eigenvalue weighted by Gasteiger charge is -2.02. The number of hydrogen-bond donors (Lipinski definition) is 0.